The molecule has 152 valence electrons. The van der Waals surface area contributed by atoms with Crippen molar-refractivity contribution in [1.82, 2.24) is 0 Å². The molecule has 0 saturated carbocycles. The minimum absolute atomic E-state index is 0.0749. The summed E-state index contributed by atoms with van der Waals surface area (Å²) in [5, 5.41) is 9.00. The second kappa shape index (κ2) is 9.17. The van der Waals surface area contributed by atoms with Gasteiger partial charge in [-0.2, -0.15) is 0 Å². The van der Waals surface area contributed by atoms with E-state index in [2.05, 4.69) is 5.32 Å². The van der Waals surface area contributed by atoms with Gasteiger partial charge in [-0.15, -0.1) is 0 Å². The van der Waals surface area contributed by atoms with Crippen LogP contribution in [0.3, 0.4) is 0 Å². The van der Waals surface area contributed by atoms with Crippen molar-refractivity contribution in [2.24, 2.45) is 5.14 Å². The molecule has 0 heterocycles. The lowest BCUT2D eigenvalue weighted by Gasteiger charge is -2.13. The number of halogens is 1. The fourth-order valence-electron chi connectivity index (χ4n) is 2.70. The average molecular weight is 433 g/mol. The number of hydrogen-bond acceptors (Lipinski definition) is 5. The zero-order valence-electron chi connectivity index (χ0n) is 15.8. The van der Waals surface area contributed by atoms with Crippen LogP contribution in [-0.4, -0.2) is 15.5 Å². The van der Waals surface area contributed by atoms with Crippen LogP contribution < -0.4 is 19.9 Å². The van der Waals surface area contributed by atoms with Crippen molar-refractivity contribution in [2.45, 2.75) is 18.0 Å². The van der Waals surface area contributed by atoms with Crippen molar-refractivity contribution < 1.29 is 17.9 Å². The maximum Gasteiger partial charge on any atom is 0.238 e. The number of primary sulfonamides is 1. The molecule has 0 amide bonds. The van der Waals surface area contributed by atoms with Gasteiger partial charge in [0.2, 0.25) is 10.0 Å². The zero-order valence-corrected chi connectivity index (χ0v) is 17.3. The third-order valence-corrected chi connectivity index (χ3v) is 5.36. The molecule has 3 aromatic rings. The Morgan fingerprint density at radius 2 is 1.72 bits per heavy atom. The van der Waals surface area contributed by atoms with Gasteiger partial charge in [0.25, 0.3) is 0 Å². The van der Waals surface area contributed by atoms with E-state index in [4.69, 9.17) is 26.2 Å². The first-order valence-corrected chi connectivity index (χ1v) is 10.7. The number of nitrogens with one attached hydrogen (secondary N) is 1. The summed E-state index contributed by atoms with van der Waals surface area (Å²) in [6.45, 7) is 0.907. The Morgan fingerprint density at radius 3 is 2.38 bits per heavy atom. The minimum Gasteiger partial charge on any atom is -0.493 e. The van der Waals surface area contributed by atoms with Gasteiger partial charge in [0.1, 0.15) is 6.61 Å². The van der Waals surface area contributed by atoms with E-state index in [0.717, 1.165) is 16.8 Å². The number of rotatable bonds is 8. The van der Waals surface area contributed by atoms with Gasteiger partial charge < -0.3 is 14.8 Å². The Kier molecular flexibility index (Phi) is 6.64. The summed E-state index contributed by atoms with van der Waals surface area (Å²) in [5.41, 5.74) is 2.72. The van der Waals surface area contributed by atoms with Crippen LogP contribution in [0.4, 0.5) is 5.69 Å². The van der Waals surface area contributed by atoms with Crippen molar-refractivity contribution in [3.63, 3.8) is 0 Å². The standard InChI is InChI=1S/C21H21ClN2O4S/c1-27-21-12-15(13-24-18-6-8-19(9-7-18)29(23,25)26)5-10-20(21)28-14-16-3-2-4-17(22)11-16/h2-12,24H,13-14H2,1H3,(H2,23,25,26). The van der Waals surface area contributed by atoms with Crippen LogP contribution in [0.25, 0.3) is 0 Å². The first kappa shape index (κ1) is 21.0. The lowest BCUT2D eigenvalue weighted by atomic mass is 10.2. The summed E-state index contributed by atoms with van der Waals surface area (Å²) >= 11 is 6.00. The maximum absolute atomic E-state index is 11.3. The summed E-state index contributed by atoms with van der Waals surface area (Å²) in [5.74, 6) is 1.25. The van der Waals surface area contributed by atoms with Crippen LogP contribution >= 0.6 is 11.6 Å². The smallest absolute Gasteiger partial charge is 0.238 e. The first-order chi connectivity index (χ1) is 13.8. The monoisotopic (exact) mass is 432 g/mol. The van der Waals surface area contributed by atoms with Crippen molar-refractivity contribution in [3.05, 3.63) is 82.9 Å². The molecule has 0 fully saturated rings. The Hall–Kier alpha value is -2.74. The predicted octanol–water partition coefficient (Wildman–Crippen LogP) is 4.19. The van der Waals surface area contributed by atoms with Gasteiger partial charge in [-0.25, -0.2) is 13.6 Å². The van der Waals surface area contributed by atoms with Crippen molar-refractivity contribution in [1.29, 1.82) is 0 Å². The van der Waals surface area contributed by atoms with Crippen LogP contribution in [-0.2, 0) is 23.2 Å². The zero-order chi connectivity index (χ0) is 20.9. The summed E-state index contributed by atoms with van der Waals surface area (Å²) in [6, 6.07) is 19.4. The Labute approximate surface area is 175 Å². The van der Waals surface area contributed by atoms with Crippen molar-refractivity contribution in [2.75, 3.05) is 12.4 Å². The van der Waals surface area contributed by atoms with Crippen LogP contribution in [0.2, 0.25) is 5.02 Å². The summed E-state index contributed by atoms with van der Waals surface area (Å²) in [7, 11) is -2.11. The van der Waals surface area contributed by atoms with Crippen LogP contribution in [0.15, 0.2) is 71.6 Å². The molecule has 3 N–H and O–H groups in total. The maximum atomic E-state index is 11.3. The lowest BCUT2D eigenvalue weighted by Crippen LogP contribution is -2.12. The molecule has 3 rings (SSSR count). The number of sulfonamides is 1. The lowest BCUT2D eigenvalue weighted by molar-refractivity contribution is 0.284. The Bertz CT molecular complexity index is 1090. The van der Waals surface area contributed by atoms with E-state index in [-0.39, 0.29) is 4.90 Å². The average Bonchev–Trinajstić information content (AvgIpc) is 2.70. The van der Waals surface area contributed by atoms with Crippen LogP contribution in [0.1, 0.15) is 11.1 Å². The quantitative estimate of drug-likeness (QED) is 0.557. The third-order valence-electron chi connectivity index (χ3n) is 4.19. The summed E-state index contributed by atoms with van der Waals surface area (Å²) in [6.07, 6.45) is 0. The molecule has 0 radical (unpaired) electrons. The van der Waals surface area contributed by atoms with E-state index >= 15 is 0 Å². The molecule has 0 unspecified atom stereocenters. The van der Waals surface area contributed by atoms with Gasteiger partial charge in [-0.1, -0.05) is 29.8 Å². The fraction of sp³-hybridized carbons (Fsp3) is 0.143. The highest BCUT2D eigenvalue weighted by Crippen LogP contribution is 2.29. The van der Waals surface area contributed by atoms with E-state index in [1.165, 1.54) is 12.1 Å². The number of anilines is 1. The normalized spacial score (nSPS) is 11.1. The van der Waals surface area contributed by atoms with E-state index in [1.54, 1.807) is 19.2 Å². The van der Waals surface area contributed by atoms with Crippen molar-refractivity contribution >= 4 is 27.3 Å². The molecule has 0 bridgehead atoms. The van der Waals surface area contributed by atoms with E-state index in [1.807, 2.05) is 42.5 Å². The van der Waals surface area contributed by atoms with E-state index in [0.29, 0.717) is 29.7 Å². The number of nitrogens with two attached hydrogens (primary N) is 1. The van der Waals surface area contributed by atoms with Crippen molar-refractivity contribution in [3.8, 4) is 11.5 Å². The van der Waals surface area contributed by atoms with Gasteiger partial charge in [0.15, 0.2) is 11.5 Å². The van der Waals surface area contributed by atoms with Crippen LogP contribution in [0, 0.1) is 0 Å². The molecule has 0 aliphatic heterocycles. The summed E-state index contributed by atoms with van der Waals surface area (Å²) < 4.78 is 33.9. The molecule has 0 saturated heterocycles. The van der Waals surface area contributed by atoms with Gasteiger partial charge in [0, 0.05) is 17.3 Å². The molecule has 0 spiro atoms. The topological polar surface area (TPSA) is 90.6 Å². The second-order valence-corrected chi connectivity index (χ2v) is 8.32. The number of hydrogen-bond donors (Lipinski definition) is 2. The van der Waals surface area contributed by atoms with Gasteiger partial charge in [-0.05, 0) is 59.7 Å². The molecule has 0 aliphatic carbocycles. The summed E-state index contributed by atoms with van der Waals surface area (Å²) in [4.78, 5) is 0.0749. The Balaban J connectivity index is 1.63. The molecule has 0 aliphatic rings. The van der Waals surface area contributed by atoms with Gasteiger partial charge >= 0.3 is 0 Å². The SMILES string of the molecule is COc1cc(CNc2ccc(S(N)(=O)=O)cc2)ccc1OCc1cccc(Cl)c1. The molecule has 6 nitrogen and oxygen atoms in total. The van der Waals surface area contributed by atoms with Crippen LogP contribution in [0.5, 0.6) is 11.5 Å². The third kappa shape index (κ3) is 5.87. The highest BCUT2D eigenvalue weighted by molar-refractivity contribution is 7.89. The highest BCUT2D eigenvalue weighted by atomic mass is 35.5. The second-order valence-electron chi connectivity index (χ2n) is 6.33. The number of ether oxygens (including phenoxy) is 2. The fourth-order valence-corrected chi connectivity index (χ4v) is 3.42. The van der Waals surface area contributed by atoms with Gasteiger partial charge in [0.05, 0.1) is 12.0 Å². The molecule has 8 heteroatoms. The molecule has 29 heavy (non-hydrogen) atoms. The number of benzene rings is 3. The van der Waals surface area contributed by atoms with Gasteiger partial charge in [-0.3, -0.25) is 0 Å². The first-order valence-electron chi connectivity index (χ1n) is 8.76. The molecular weight excluding hydrogens is 412 g/mol. The largest absolute Gasteiger partial charge is 0.493 e. The number of methoxy groups -OCH3 is 1. The van der Waals surface area contributed by atoms with E-state index < -0.39 is 10.0 Å². The molecule has 0 aromatic heterocycles. The van der Waals surface area contributed by atoms with E-state index in [9.17, 15) is 8.42 Å². The minimum atomic E-state index is -3.69. The predicted molar refractivity (Wildman–Crippen MR) is 114 cm³/mol. The highest BCUT2D eigenvalue weighted by Gasteiger charge is 2.08. The molecule has 3 aromatic carbocycles. The molecule has 0 atom stereocenters. The molecular formula is C21H21ClN2O4S. The Morgan fingerprint density at radius 1 is 0.966 bits per heavy atom.